The Morgan fingerprint density at radius 1 is 1.10 bits per heavy atom. The molecule has 2 heterocycles. The number of para-hydroxylation sites is 1. The van der Waals surface area contributed by atoms with Crippen LogP contribution in [0.5, 0.6) is 5.75 Å². The van der Waals surface area contributed by atoms with Crippen molar-refractivity contribution in [1.82, 2.24) is 19.5 Å². The Morgan fingerprint density at radius 3 is 2.34 bits per heavy atom. The van der Waals surface area contributed by atoms with E-state index in [1.807, 2.05) is 0 Å². The Kier molecular flexibility index (Phi) is 4.30. The van der Waals surface area contributed by atoms with E-state index in [9.17, 15) is 18.4 Å². The molecule has 1 amide bonds. The molecule has 2 aromatic heterocycles. The van der Waals surface area contributed by atoms with E-state index in [0.717, 1.165) is 12.1 Å². The molecule has 0 unspecified atom stereocenters. The van der Waals surface area contributed by atoms with E-state index in [0.29, 0.717) is 15.9 Å². The largest absolute Gasteiger partial charge is 0.497 e. The van der Waals surface area contributed by atoms with Crippen molar-refractivity contribution in [3.05, 3.63) is 70.3 Å². The van der Waals surface area contributed by atoms with Crippen molar-refractivity contribution in [1.29, 1.82) is 0 Å². The van der Waals surface area contributed by atoms with Crippen molar-refractivity contribution >= 4 is 17.1 Å². The molecule has 0 aliphatic rings. The van der Waals surface area contributed by atoms with E-state index in [2.05, 4.69) is 15.0 Å². The van der Waals surface area contributed by atoms with Gasteiger partial charge in [-0.1, -0.05) is 6.07 Å². The standard InChI is InChI=1S/C19H13F2N5O3/c1-29-10-7-5-9(6-8-10)17-23-13(16(22)27)14-18(25-17)26(19(28)24-14)15-11(20)3-2-4-12(15)21/h2-8H,1H3,(H2,22,27)(H,24,28). The lowest BCUT2D eigenvalue weighted by Crippen LogP contribution is -2.17. The maximum atomic E-state index is 14.3. The van der Waals surface area contributed by atoms with Crippen LogP contribution in [0.3, 0.4) is 0 Å². The topological polar surface area (TPSA) is 116 Å². The summed E-state index contributed by atoms with van der Waals surface area (Å²) < 4.78 is 34.5. The number of H-pyrrole nitrogens is 1. The fourth-order valence-corrected chi connectivity index (χ4v) is 2.94. The van der Waals surface area contributed by atoms with E-state index in [-0.39, 0.29) is 22.7 Å². The summed E-state index contributed by atoms with van der Waals surface area (Å²) in [5.41, 5.74) is 3.76. The van der Waals surface area contributed by atoms with Crippen LogP contribution in [0.4, 0.5) is 8.78 Å². The monoisotopic (exact) mass is 397 g/mol. The van der Waals surface area contributed by atoms with Crippen LogP contribution in [0.25, 0.3) is 28.2 Å². The zero-order valence-electron chi connectivity index (χ0n) is 14.9. The predicted octanol–water partition coefficient (Wildman–Crippen LogP) is 2.16. The summed E-state index contributed by atoms with van der Waals surface area (Å²) >= 11 is 0. The zero-order chi connectivity index (χ0) is 20.7. The highest BCUT2D eigenvalue weighted by molar-refractivity contribution is 6.02. The molecule has 146 valence electrons. The molecular formula is C19H13F2N5O3. The second-order valence-electron chi connectivity index (χ2n) is 6.02. The summed E-state index contributed by atoms with van der Waals surface area (Å²) in [7, 11) is 1.50. The van der Waals surface area contributed by atoms with Crippen molar-refractivity contribution in [3.63, 3.8) is 0 Å². The number of nitrogens with one attached hydrogen (secondary N) is 1. The van der Waals surface area contributed by atoms with Gasteiger partial charge in [-0.05, 0) is 36.4 Å². The van der Waals surface area contributed by atoms with Crippen LogP contribution in [0.15, 0.2) is 47.3 Å². The molecule has 0 saturated heterocycles. The summed E-state index contributed by atoms with van der Waals surface area (Å²) in [6.45, 7) is 0. The number of imidazole rings is 1. The first-order chi connectivity index (χ1) is 13.9. The normalized spacial score (nSPS) is 11.0. The lowest BCUT2D eigenvalue weighted by atomic mass is 10.2. The molecule has 0 radical (unpaired) electrons. The summed E-state index contributed by atoms with van der Waals surface area (Å²) in [5, 5.41) is 0. The number of hydrogen-bond donors (Lipinski definition) is 2. The van der Waals surface area contributed by atoms with Crippen LogP contribution in [0.2, 0.25) is 0 Å². The van der Waals surface area contributed by atoms with E-state index in [1.165, 1.54) is 13.2 Å². The molecule has 10 heteroatoms. The van der Waals surface area contributed by atoms with Crippen molar-refractivity contribution in [2.75, 3.05) is 7.11 Å². The van der Waals surface area contributed by atoms with E-state index in [4.69, 9.17) is 10.5 Å². The number of rotatable bonds is 4. The fraction of sp³-hybridized carbons (Fsp3) is 0.0526. The SMILES string of the molecule is COc1ccc(-c2nc(C(N)=O)c3[nH]c(=O)n(-c4c(F)cccc4F)c3n2)cc1. The quantitative estimate of drug-likeness (QED) is 0.547. The number of methoxy groups -OCH3 is 1. The molecule has 0 aliphatic heterocycles. The number of hydrogen-bond acceptors (Lipinski definition) is 5. The number of nitrogens with two attached hydrogens (primary N) is 1. The summed E-state index contributed by atoms with van der Waals surface area (Å²) in [6, 6.07) is 9.73. The van der Waals surface area contributed by atoms with Crippen LogP contribution >= 0.6 is 0 Å². The molecule has 0 bridgehead atoms. The van der Waals surface area contributed by atoms with Gasteiger partial charge in [-0.25, -0.2) is 28.1 Å². The van der Waals surface area contributed by atoms with Crippen molar-refractivity contribution in [2.45, 2.75) is 0 Å². The molecule has 0 fully saturated rings. The number of ether oxygens (including phenoxy) is 1. The minimum atomic E-state index is -0.974. The van der Waals surface area contributed by atoms with Gasteiger partial charge in [-0.2, -0.15) is 0 Å². The highest BCUT2D eigenvalue weighted by Crippen LogP contribution is 2.25. The van der Waals surface area contributed by atoms with Gasteiger partial charge in [-0.3, -0.25) is 4.79 Å². The van der Waals surface area contributed by atoms with Gasteiger partial charge in [0.2, 0.25) is 0 Å². The third kappa shape index (κ3) is 3.00. The minimum Gasteiger partial charge on any atom is -0.497 e. The first-order valence-electron chi connectivity index (χ1n) is 8.32. The van der Waals surface area contributed by atoms with E-state index >= 15 is 0 Å². The molecule has 2 aromatic carbocycles. The highest BCUT2D eigenvalue weighted by Gasteiger charge is 2.23. The third-order valence-electron chi connectivity index (χ3n) is 4.28. The van der Waals surface area contributed by atoms with Gasteiger partial charge in [-0.15, -0.1) is 0 Å². The van der Waals surface area contributed by atoms with Gasteiger partial charge in [0, 0.05) is 5.56 Å². The van der Waals surface area contributed by atoms with Crippen LogP contribution in [-0.2, 0) is 0 Å². The van der Waals surface area contributed by atoms with Gasteiger partial charge in [0.1, 0.15) is 28.6 Å². The molecule has 29 heavy (non-hydrogen) atoms. The molecular weight excluding hydrogens is 384 g/mol. The molecule has 4 rings (SSSR count). The Morgan fingerprint density at radius 2 is 1.76 bits per heavy atom. The van der Waals surface area contributed by atoms with Crippen LogP contribution in [0.1, 0.15) is 10.5 Å². The van der Waals surface area contributed by atoms with Crippen LogP contribution in [0, 0.1) is 11.6 Å². The van der Waals surface area contributed by atoms with Crippen molar-refractivity contribution in [3.8, 4) is 22.8 Å². The van der Waals surface area contributed by atoms with E-state index < -0.39 is 28.9 Å². The summed E-state index contributed by atoms with van der Waals surface area (Å²) in [6.07, 6.45) is 0. The fourth-order valence-electron chi connectivity index (χ4n) is 2.94. The summed E-state index contributed by atoms with van der Waals surface area (Å²) in [5.74, 6) is -2.26. The second kappa shape index (κ2) is 6.82. The number of nitrogens with zero attached hydrogens (tertiary/aromatic N) is 3. The first-order valence-corrected chi connectivity index (χ1v) is 8.32. The Bertz CT molecular complexity index is 1290. The molecule has 0 saturated carbocycles. The number of carbonyl (C=O) groups is 1. The second-order valence-corrected chi connectivity index (χ2v) is 6.02. The number of aromatic amines is 1. The summed E-state index contributed by atoms with van der Waals surface area (Å²) in [4.78, 5) is 35.1. The van der Waals surface area contributed by atoms with Gasteiger partial charge < -0.3 is 15.5 Å². The molecule has 4 aromatic rings. The molecule has 0 atom stereocenters. The Hall–Kier alpha value is -4.08. The van der Waals surface area contributed by atoms with Gasteiger partial charge >= 0.3 is 5.69 Å². The van der Waals surface area contributed by atoms with Gasteiger partial charge in [0.15, 0.2) is 17.2 Å². The maximum Gasteiger partial charge on any atom is 0.332 e. The maximum absolute atomic E-state index is 14.3. The van der Waals surface area contributed by atoms with Gasteiger partial charge in [0.25, 0.3) is 5.91 Å². The number of amides is 1. The van der Waals surface area contributed by atoms with Crippen LogP contribution < -0.4 is 16.2 Å². The van der Waals surface area contributed by atoms with Crippen molar-refractivity contribution in [2.24, 2.45) is 5.73 Å². The number of fused-ring (bicyclic) bond motifs is 1. The minimum absolute atomic E-state index is 0.0402. The molecule has 3 N–H and O–H groups in total. The highest BCUT2D eigenvalue weighted by atomic mass is 19.1. The Labute approximate surface area is 161 Å². The number of halogens is 2. The lowest BCUT2D eigenvalue weighted by Gasteiger charge is -2.08. The third-order valence-corrected chi connectivity index (χ3v) is 4.28. The van der Waals surface area contributed by atoms with Gasteiger partial charge in [0.05, 0.1) is 7.11 Å². The number of primary amides is 1. The number of carbonyl (C=O) groups excluding carboxylic acids is 1. The van der Waals surface area contributed by atoms with Crippen molar-refractivity contribution < 1.29 is 18.3 Å². The predicted molar refractivity (Wildman–Crippen MR) is 99.9 cm³/mol. The average Bonchev–Trinajstić information content (AvgIpc) is 3.03. The molecule has 0 spiro atoms. The van der Waals surface area contributed by atoms with E-state index in [1.54, 1.807) is 24.3 Å². The average molecular weight is 397 g/mol. The smallest absolute Gasteiger partial charge is 0.332 e. The molecule has 0 aliphatic carbocycles. The number of benzene rings is 2. The first kappa shape index (κ1) is 18.3. The molecule has 8 nitrogen and oxygen atoms in total. The lowest BCUT2D eigenvalue weighted by molar-refractivity contribution is 0.0997. The zero-order valence-corrected chi connectivity index (χ0v) is 14.9. The number of aromatic nitrogens is 4. The Balaban J connectivity index is 2.06. The van der Waals surface area contributed by atoms with Crippen LogP contribution in [-0.4, -0.2) is 32.5 Å².